The van der Waals surface area contributed by atoms with Crippen LogP contribution in [0, 0.1) is 13.8 Å². The van der Waals surface area contributed by atoms with Gasteiger partial charge in [-0.3, -0.25) is 9.30 Å². The Balaban J connectivity index is 1.58. The minimum atomic E-state index is 0.783. The first-order valence-corrected chi connectivity index (χ1v) is 8.57. The lowest BCUT2D eigenvalue weighted by atomic mass is 10.0. The van der Waals surface area contributed by atoms with Crippen molar-refractivity contribution in [3.8, 4) is 0 Å². The van der Waals surface area contributed by atoms with E-state index in [-0.39, 0.29) is 0 Å². The zero-order valence-electron chi connectivity index (χ0n) is 14.9. The largest absolute Gasteiger partial charge is 0.296 e. The van der Waals surface area contributed by atoms with Gasteiger partial charge in [-0.2, -0.15) is 0 Å². The molecular weight excluding hydrogens is 308 g/mol. The smallest absolute Gasteiger partial charge is 0.234 e. The molecule has 126 valence electrons. The van der Waals surface area contributed by atoms with Gasteiger partial charge in [0, 0.05) is 30.7 Å². The van der Waals surface area contributed by atoms with Gasteiger partial charge in [0.15, 0.2) is 0 Å². The van der Waals surface area contributed by atoms with Crippen molar-refractivity contribution in [2.75, 3.05) is 7.05 Å². The van der Waals surface area contributed by atoms with E-state index in [1.807, 2.05) is 6.92 Å². The highest BCUT2D eigenvalue weighted by Crippen LogP contribution is 2.20. The molecule has 0 aliphatic rings. The second kappa shape index (κ2) is 6.30. The third kappa shape index (κ3) is 3.13. The molecule has 0 amide bonds. The molecule has 0 unspecified atom stereocenters. The number of aromatic nitrogens is 3. The minimum Gasteiger partial charge on any atom is -0.296 e. The summed E-state index contributed by atoms with van der Waals surface area (Å²) in [5.74, 6) is 0.783. The Labute approximate surface area is 147 Å². The van der Waals surface area contributed by atoms with Crippen molar-refractivity contribution in [1.29, 1.82) is 0 Å². The van der Waals surface area contributed by atoms with Crippen molar-refractivity contribution in [3.63, 3.8) is 0 Å². The van der Waals surface area contributed by atoms with Gasteiger partial charge in [0.2, 0.25) is 5.78 Å². The number of nitrogens with zero attached hydrogens (tertiary/aromatic N) is 4. The van der Waals surface area contributed by atoms with Gasteiger partial charge in [0.05, 0.1) is 5.69 Å². The molecular formula is C21H22N4. The van der Waals surface area contributed by atoms with Crippen LogP contribution in [-0.4, -0.2) is 26.3 Å². The molecule has 0 spiro atoms. The van der Waals surface area contributed by atoms with Crippen LogP contribution in [0.25, 0.3) is 16.6 Å². The van der Waals surface area contributed by atoms with Crippen molar-refractivity contribution >= 4 is 16.6 Å². The summed E-state index contributed by atoms with van der Waals surface area (Å²) in [6.45, 7) is 5.78. The summed E-state index contributed by atoms with van der Waals surface area (Å²) in [5, 5.41) is 2.61. The molecule has 0 fully saturated rings. The Hall–Kier alpha value is -2.72. The Kier molecular flexibility index (Phi) is 3.98. The molecule has 2 aromatic carbocycles. The third-order valence-electron chi connectivity index (χ3n) is 4.56. The summed E-state index contributed by atoms with van der Waals surface area (Å²) in [7, 11) is 2.14. The number of fused-ring (bicyclic) bond motifs is 2. The molecule has 0 N–H and O–H groups in total. The summed E-state index contributed by atoms with van der Waals surface area (Å²) in [6.07, 6.45) is 2.09. The number of benzene rings is 2. The highest BCUT2D eigenvalue weighted by molar-refractivity contribution is 5.85. The first-order chi connectivity index (χ1) is 12.1. The Morgan fingerprint density at radius 3 is 2.64 bits per heavy atom. The Morgan fingerprint density at radius 1 is 0.960 bits per heavy atom. The molecule has 4 rings (SSSR count). The number of hydrogen-bond donors (Lipinski definition) is 0. The predicted molar refractivity (Wildman–Crippen MR) is 102 cm³/mol. The van der Waals surface area contributed by atoms with Crippen LogP contribution in [0.2, 0.25) is 0 Å². The van der Waals surface area contributed by atoms with Crippen LogP contribution >= 0.6 is 0 Å². The molecule has 2 heterocycles. The minimum absolute atomic E-state index is 0.783. The van der Waals surface area contributed by atoms with Crippen molar-refractivity contribution in [3.05, 3.63) is 77.4 Å². The normalized spacial score (nSPS) is 11.7. The summed E-state index contributed by atoms with van der Waals surface area (Å²) < 4.78 is 2.06. The first-order valence-electron chi connectivity index (χ1n) is 8.57. The molecule has 0 bridgehead atoms. The van der Waals surface area contributed by atoms with Gasteiger partial charge in [0.25, 0.3) is 0 Å². The summed E-state index contributed by atoms with van der Waals surface area (Å²) in [5.41, 5.74) is 4.56. The predicted octanol–water partition coefficient (Wildman–Crippen LogP) is 4.13. The van der Waals surface area contributed by atoms with E-state index in [2.05, 4.69) is 88.0 Å². The summed E-state index contributed by atoms with van der Waals surface area (Å²) in [6, 6.07) is 17.1. The van der Waals surface area contributed by atoms with E-state index in [1.165, 1.54) is 16.3 Å². The number of imidazole rings is 1. The standard InChI is InChI=1S/C21H22N4/c1-15-11-16(2)25-14-19(23-21(25)22-15)13-24(3)12-18-9-6-8-17-7-4-5-10-20(17)18/h4-11,14H,12-13H2,1-3H3. The Morgan fingerprint density at radius 2 is 1.76 bits per heavy atom. The van der Waals surface area contributed by atoms with Gasteiger partial charge in [-0.15, -0.1) is 0 Å². The third-order valence-corrected chi connectivity index (χ3v) is 4.56. The lowest BCUT2D eigenvalue weighted by molar-refractivity contribution is 0.317. The molecule has 25 heavy (non-hydrogen) atoms. The van der Waals surface area contributed by atoms with Gasteiger partial charge >= 0.3 is 0 Å². The lowest BCUT2D eigenvalue weighted by Crippen LogP contribution is -2.17. The number of rotatable bonds is 4. The maximum absolute atomic E-state index is 4.69. The molecule has 0 aliphatic carbocycles. The SMILES string of the molecule is Cc1cc(C)n2cc(CN(C)Cc3cccc4ccccc34)nc2n1. The van der Waals surface area contributed by atoms with E-state index in [4.69, 9.17) is 0 Å². The molecule has 0 atom stereocenters. The number of hydrogen-bond acceptors (Lipinski definition) is 3. The van der Waals surface area contributed by atoms with Crippen LogP contribution in [0.3, 0.4) is 0 Å². The molecule has 0 aliphatic heterocycles. The monoisotopic (exact) mass is 330 g/mol. The van der Waals surface area contributed by atoms with E-state index in [9.17, 15) is 0 Å². The molecule has 4 nitrogen and oxygen atoms in total. The van der Waals surface area contributed by atoms with Crippen LogP contribution in [0.1, 0.15) is 22.6 Å². The molecule has 4 heteroatoms. The second-order valence-corrected chi connectivity index (χ2v) is 6.75. The zero-order chi connectivity index (χ0) is 17.4. The van der Waals surface area contributed by atoms with E-state index in [0.717, 1.165) is 35.9 Å². The van der Waals surface area contributed by atoms with E-state index in [0.29, 0.717) is 0 Å². The highest BCUT2D eigenvalue weighted by atomic mass is 15.1. The maximum Gasteiger partial charge on any atom is 0.234 e. The molecule has 0 radical (unpaired) electrons. The molecule has 0 saturated carbocycles. The van der Waals surface area contributed by atoms with E-state index in [1.54, 1.807) is 0 Å². The number of aryl methyl sites for hydroxylation is 2. The highest BCUT2D eigenvalue weighted by Gasteiger charge is 2.10. The Bertz CT molecular complexity index is 1040. The van der Waals surface area contributed by atoms with Crippen LogP contribution < -0.4 is 0 Å². The van der Waals surface area contributed by atoms with Crippen molar-refractivity contribution in [2.45, 2.75) is 26.9 Å². The van der Waals surface area contributed by atoms with Gasteiger partial charge in [-0.25, -0.2) is 9.97 Å². The summed E-state index contributed by atoms with van der Waals surface area (Å²) >= 11 is 0. The van der Waals surface area contributed by atoms with Crippen LogP contribution in [0.15, 0.2) is 54.7 Å². The van der Waals surface area contributed by atoms with Gasteiger partial charge in [-0.1, -0.05) is 42.5 Å². The van der Waals surface area contributed by atoms with E-state index >= 15 is 0 Å². The fourth-order valence-electron chi connectivity index (χ4n) is 3.45. The lowest BCUT2D eigenvalue weighted by Gasteiger charge is -2.16. The van der Waals surface area contributed by atoms with Crippen molar-refractivity contribution in [1.82, 2.24) is 19.3 Å². The fraction of sp³-hybridized carbons (Fsp3) is 0.238. The van der Waals surface area contributed by atoms with Crippen LogP contribution in [0.4, 0.5) is 0 Å². The zero-order valence-corrected chi connectivity index (χ0v) is 14.9. The van der Waals surface area contributed by atoms with Crippen LogP contribution in [0.5, 0.6) is 0 Å². The van der Waals surface area contributed by atoms with Gasteiger partial charge < -0.3 is 0 Å². The molecule has 4 aromatic rings. The van der Waals surface area contributed by atoms with Crippen molar-refractivity contribution < 1.29 is 0 Å². The average molecular weight is 330 g/mol. The maximum atomic E-state index is 4.69. The fourth-order valence-corrected chi connectivity index (χ4v) is 3.45. The van der Waals surface area contributed by atoms with E-state index < -0.39 is 0 Å². The van der Waals surface area contributed by atoms with Crippen LogP contribution in [-0.2, 0) is 13.1 Å². The molecule has 2 aromatic heterocycles. The van der Waals surface area contributed by atoms with Crippen molar-refractivity contribution in [2.24, 2.45) is 0 Å². The topological polar surface area (TPSA) is 33.4 Å². The first kappa shape index (κ1) is 15.8. The average Bonchev–Trinajstić information content (AvgIpc) is 2.97. The quantitative estimate of drug-likeness (QED) is 0.564. The molecule has 0 saturated heterocycles. The summed E-state index contributed by atoms with van der Waals surface area (Å²) in [4.78, 5) is 11.5. The second-order valence-electron chi connectivity index (χ2n) is 6.75. The van der Waals surface area contributed by atoms with Gasteiger partial charge in [0.1, 0.15) is 0 Å². The van der Waals surface area contributed by atoms with Gasteiger partial charge in [-0.05, 0) is 43.3 Å².